The van der Waals surface area contributed by atoms with E-state index in [-0.39, 0.29) is 17.9 Å². The van der Waals surface area contributed by atoms with Crippen molar-refractivity contribution in [2.45, 2.75) is 168 Å². The van der Waals surface area contributed by atoms with Gasteiger partial charge in [0.15, 0.2) is 0 Å². The molecule has 1 aliphatic heterocycles. The first-order valence-electron chi connectivity index (χ1n) is 14.6. The Morgan fingerprint density at radius 1 is 0.667 bits per heavy atom. The van der Waals surface area contributed by atoms with Crippen LogP contribution in [0.15, 0.2) is 11.6 Å². The van der Waals surface area contributed by atoms with Gasteiger partial charge in [0, 0.05) is 12.8 Å². The molecular formula is C30H55NO2. The van der Waals surface area contributed by atoms with Crippen molar-refractivity contribution in [1.82, 2.24) is 4.90 Å². The number of carbonyl (C=O) groups excluding carboxylic acids is 2. The second-order valence-electron chi connectivity index (χ2n) is 10.4. The number of allylic oxidation sites excluding steroid dienone is 1. The molecule has 0 radical (unpaired) electrons. The molecule has 2 amide bonds. The van der Waals surface area contributed by atoms with Crippen LogP contribution in [0.3, 0.4) is 0 Å². The molecule has 0 aliphatic carbocycles. The predicted molar refractivity (Wildman–Crippen MR) is 142 cm³/mol. The lowest BCUT2D eigenvalue weighted by Crippen LogP contribution is -2.40. The molecule has 33 heavy (non-hydrogen) atoms. The van der Waals surface area contributed by atoms with Gasteiger partial charge in [-0.1, -0.05) is 141 Å². The molecule has 0 spiro atoms. The summed E-state index contributed by atoms with van der Waals surface area (Å²) >= 11 is 0. The van der Waals surface area contributed by atoms with Gasteiger partial charge < -0.3 is 0 Å². The van der Waals surface area contributed by atoms with Gasteiger partial charge in [0.2, 0.25) is 11.8 Å². The highest BCUT2D eigenvalue weighted by molar-refractivity contribution is 6.02. The van der Waals surface area contributed by atoms with Gasteiger partial charge in [0.1, 0.15) is 0 Å². The van der Waals surface area contributed by atoms with E-state index in [4.69, 9.17) is 0 Å². The van der Waals surface area contributed by atoms with Crippen molar-refractivity contribution < 1.29 is 9.59 Å². The van der Waals surface area contributed by atoms with Crippen LogP contribution in [-0.4, -0.2) is 22.8 Å². The molecule has 0 saturated carbocycles. The summed E-state index contributed by atoms with van der Waals surface area (Å²) in [7, 11) is 0. The number of nitrogens with zero attached hydrogens (tertiary/aromatic N) is 1. The molecule has 0 aromatic carbocycles. The zero-order chi connectivity index (χ0) is 24.2. The number of imide groups is 1. The fourth-order valence-corrected chi connectivity index (χ4v) is 5.06. The Balaban J connectivity index is 2.10. The van der Waals surface area contributed by atoms with Gasteiger partial charge in [-0.05, 0) is 19.8 Å². The second kappa shape index (κ2) is 20.3. The Kier molecular flexibility index (Phi) is 18.4. The molecule has 0 bridgehead atoms. The topological polar surface area (TPSA) is 37.4 Å². The molecule has 1 rings (SSSR count). The minimum atomic E-state index is -0.00370. The van der Waals surface area contributed by atoms with Gasteiger partial charge >= 0.3 is 0 Å². The van der Waals surface area contributed by atoms with Crippen molar-refractivity contribution in [3.8, 4) is 0 Å². The first-order chi connectivity index (χ1) is 16.1. The van der Waals surface area contributed by atoms with Gasteiger partial charge in [0.25, 0.3) is 0 Å². The number of rotatable bonds is 22. The van der Waals surface area contributed by atoms with Crippen LogP contribution in [0.4, 0.5) is 0 Å². The van der Waals surface area contributed by atoms with Gasteiger partial charge in [-0.15, -0.1) is 0 Å². The molecule has 1 saturated heterocycles. The van der Waals surface area contributed by atoms with E-state index in [1.54, 1.807) is 4.90 Å². The molecule has 192 valence electrons. The van der Waals surface area contributed by atoms with Crippen molar-refractivity contribution in [3.05, 3.63) is 11.6 Å². The minimum absolute atomic E-state index is 0.00370. The van der Waals surface area contributed by atoms with Crippen LogP contribution in [0.1, 0.15) is 162 Å². The van der Waals surface area contributed by atoms with Crippen LogP contribution in [0, 0.1) is 0 Å². The van der Waals surface area contributed by atoms with Gasteiger partial charge in [-0.2, -0.15) is 0 Å². The average molecular weight is 462 g/mol. The van der Waals surface area contributed by atoms with Crippen LogP contribution in [-0.2, 0) is 9.59 Å². The Morgan fingerprint density at radius 3 is 1.48 bits per heavy atom. The van der Waals surface area contributed by atoms with E-state index in [1.807, 2.05) is 0 Å². The van der Waals surface area contributed by atoms with E-state index in [1.165, 1.54) is 115 Å². The summed E-state index contributed by atoms with van der Waals surface area (Å²) in [5.41, 5.74) is 1.22. The van der Waals surface area contributed by atoms with Crippen molar-refractivity contribution in [1.29, 1.82) is 0 Å². The molecule has 3 nitrogen and oxygen atoms in total. The number of hydrogen-bond acceptors (Lipinski definition) is 2. The third kappa shape index (κ3) is 14.0. The van der Waals surface area contributed by atoms with Gasteiger partial charge in [-0.25, -0.2) is 0 Å². The molecule has 1 fully saturated rings. The van der Waals surface area contributed by atoms with Crippen LogP contribution in [0.25, 0.3) is 0 Å². The van der Waals surface area contributed by atoms with Crippen molar-refractivity contribution >= 4 is 11.8 Å². The molecule has 1 aliphatic rings. The normalized spacial score (nSPS) is 15.6. The van der Waals surface area contributed by atoms with Crippen LogP contribution < -0.4 is 0 Å². The Bertz CT molecular complexity index is 523. The molecule has 0 N–H and O–H groups in total. The number of carbonyl (C=O) groups is 2. The molecule has 0 aromatic heterocycles. The molecule has 3 heteroatoms. The third-order valence-electron chi connectivity index (χ3n) is 7.28. The highest BCUT2D eigenvalue weighted by Crippen LogP contribution is 2.25. The smallest absolute Gasteiger partial charge is 0.230 e. The maximum Gasteiger partial charge on any atom is 0.230 e. The number of hydrogen-bond donors (Lipinski definition) is 0. The largest absolute Gasteiger partial charge is 0.275 e. The summed E-state index contributed by atoms with van der Waals surface area (Å²) in [6.07, 6.45) is 29.3. The average Bonchev–Trinajstić information content (AvgIpc) is 3.14. The van der Waals surface area contributed by atoms with Crippen LogP contribution in [0.2, 0.25) is 0 Å². The van der Waals surface area contributed by atoms with E-state index in [2.05, 4.69) is 26.8 Å². The molecular weight excluding hydrogens is 406 g/mol. The lowest BCUT2D eigenvalue weighted by Gasteiger charge is -2.27. The minimum Gasteiger partial charge on any atom is -0.275 e. The van der Waals surface area contributed by atoms with Gasteiger partial charge in [0.05, 0.1) is 6.04 Å². The summed E-state index contributed by atoms with van der Waals surface area (Å²) in [4.78, 5) is 26.2. The molecule has 0 aromatic rings. The van der Waals surface area contributed by atoms with E-state index in [9.17, 15) is 9.59 Å². The van der Waals surface area contributed by atoms with Crippen molar-refractivity contribution in [2.75, 3.05) is 0 Å². The fourth-order valence-electron chi connectivity index (χ4n) is 5.06. The highest BCUT2D eigenvalue weighted by atomic mass is 16.2. The van der Waals surface area contributed by atoms with Crippen LogP contribution >= 0.6 is 0 Å². The van der Waals surface area contributed by atoms with E-state index < -0.39 is 0 Å². The van der Waals surface area contributed by atoms with Crippen molar-refractivity contribution in [2.24, 2.45) is 0 Å². The summed E-state index contributed by atoms with van der Waals surface area (Å²) in [6, 6.07) is -0.00370. The number of likely N-dealkylation sites (tertiary alicyclic amines) is 1. The second-order valence-corrected chi connectivity index (χ2v) is 10.4. The summed E-state index contributed by atoms with van der Waals surface area (Å²) in [6.45, 7) is 6.60. The SMILES string of the molecule is CCCC/C=C(\C)C(CCCCCCCCCCCCCCCCCC)N1C(=O)CCC1=O. The number of unbranched alkanes of at least 4 members (excludes halogenated alkanes) is 17. The first kappa shape index (κ1) is 29.9. The van der Waals surface area contributed by atoms with Crippen LogP contribution in [0.5, 0.6) is 0 Å². The summed E-state index contributed by atoms with van der Waals surface area (Å²) in [5, 5.41) is 0. The Labute approximate surface area is 206 Å². The lowest BCUT2D eigenvalue weighted by atomic mass is 9.97. The van der Waals surface area contributed by atoms with Gasteiger partial charge in [-0.3, -0.25) is 14.5 Å². The van der Waals surface area contributed by atoms with E-state index in [0.29, 0.717) is 12.8 Å². The molecule has 1 unspecified atom stereocenters. The Morgan fingerprint density at radius 2 is 1.06 bits per heavy atom. The summed E-state index contributed by atoms with van der Waals surface area (Å²) in [5.74, 6) is 0.0643. The van der Waals surface area contributed by atoms with Crippen molar-refractivity contribution in [3.63, 3.8) is 0 Å². The lowest BCUT2D eigenvalue weighted by molar-refractivity contribution is -0.140. The van der Waals surface area contributed by atoms with E-state index in [0.717, 1.165) is 19.3 Å². The zero-order valence-corrected chi connectivity index (χ0v) is 22.5. The Hall–Kier alpha value is -1.12. The first-order valence-corrected chi connectivity index (χ1v) is 14.6. The standard InChI is InChI=1S/C30H55NO2/c1-4-6-8-9-10-11-12-13-14-15-16-17-18-19-20-22-24-28(27(3)23-21-7-5-2)31-29(32)25-26-30(31)33/h23,28H,4-22,24-26H2,1-3H3/b27-23+. The highest BCUT2D eigenvalue weighted by Gasteiger charge is 2.35. The number of amides is 2. The monoisotopic (exact) mass is 461 g/mol. The zero-order valence-electron chi connectivity index (χ0n) is 22.5. The fraction of sp³-hybridized carbons (Fsp3) is 0.867. The molecule has 1 atom stereocenters. The third-order valence-corrected chi connectivity index (χ3v) is 7.28. The van der Waals surface area contributed by atoms with E-state index >= 15 is 0 Å². The molecule has 1 heterocycles. The summed E-state index contributed by atoms with van der Waals surface area (Å²) < 4.78 is 0. The maximum absolute atomic E-state index is 12.3. The maximum atomic E-state index is 12.3. The predicted octanol–water partition coefficient (Wildman–Crippen LogP) is 9.29. The quantitative estimate of drug-likeness (QED) is 0.0914.